The normalized spacial score (nSPS) is 24.5. The Labute approximate surface area is 115 Å². The van der Waals surface area contributed by atoms with Crippen molar-refractivity contribution in [1.82, 2.24) is 9.55 Å². The van der Waals surface area contributed by atoms with E-state index in [0.717, 1.165) is 15.1 Å². The van der Waals surface area contributed by atoms with Crippen LogP contribution in [0.5, 0.6) is 0 Å². The summed E-state index contributed by atoms with van der Waals surface area (Å²) in [5, 5.41) is 10.3. The van der Waals surface area contributed by atoms with Gasteiger partial charge in [0.15, 0.2) is 0 Å². The van der Waals surface area contributed by atoms with Gasteiger partial charge in [0.2, 0.25) is 0 Å². The van der Waals surface area contributed by atoms with Crippen LogP contribution in [-0.2, 0) is 11.2 Å². The Morgan fingerprint density at radius 2 is 2.24 bits per heavy atom. The van der Waals surface area contributed by atoms with E-state index in [1.54, 1.807) is 21.0 Å². The van der Waals surface area contributed by atoms with Crippen LogP contribution in [0.4, 0.5) is 0 Å². The summed E-state index contributed by atoms with van der Waals surface area (Å²) in [4.78, 5) is 4.37. The van der Waals surface area contributed by atoms with Gasteiger partial charge in [-0.05, 0) is 43.4 Å². The molecule has 2 heterocycles. The van der Waals surface area contributed by atoms with Crippen molar-refractivity contribution in [2.24, 2.45) is 0 Å². The quantitative estimate of drug-likeness (QED) is 0.833. The molecular formula is C12H17IN2O2. The van der Waals surface area contributed by atoms with Crippen molar-refractivity contribution < 1.29 is 9.84 Å². The molecule has 1 unspecified atom stereocenters. The molecule has 0 saturated carbocycles. The summed E-state index contributed by atoms with van der Waals surface area (Å²) in [6.07, 6.45) is 4.44. The minimum Gasteiger partial charge on any atom is -0.386 e. The van der Waals surface area contributed by atoms with Gasteiger partial charge in [0.25, 0.3) is 0 Å². The minimum atomic E-state index is -0.907. The second-order valence-electron chi connectivity index (χ2n) is 5.08. The highest BCUT2D eigenvalue weighted by Gasteiger charge is 2.41. The van der Waals surface area contributed by atoms with Crippen LogP contribution in [0.1, 0.15) is 26.6 Å². The number of hydrogen-bond acceptors (Lipinski definition) is 3. The fourth-order valence-corrected chi connectivity index (χ4v) is 2.85. The third kappa shape index (κ3) is 2.15. The number of fused-ring (bicyclic) bond motifs is 1. The summed E-state index contributed by atoms with van der Waals surface area (Å²) in [5.74, 6) is 0.965. The maximum absolute atomic E-state index is 10.3. The SMILES string of the molecule is COC1(C)Cc2ncc(I)n2C=C1C(C)(C)O. The van der Waals surface area contributed by atoms with E-state index in [9.17, 15) is 5.11 Å². The van der Waals surface area contributed by atoms with E-state index in [-0.39, 0.29) is 0 Å². The van der Waals surface area contributed by atoms with E-state index in [2.05, 4.69) is 27.6 Å². The summed E-state index contributed by atoms with van der Waals surface area (Å²) in [6.45, 7) is 5.55. The maximum Gasteiger partial charge on any atom is 0.116 e. The van der Waals surface area contributed by atoms with Crippen LogP contribution in [0.25, 0.3) is 6.20 Å². The first-order valence-electron chi connectivity index (χ1n) is 5.50. The summed E-state index contributed by atoms with van der Waals surface area (Å²) in [6, 6.07) is 0. The van der Waals surface area contributed by atoms with Crippen molar-refractivity contribution in [3.63, 3.8) is 0 Å². The van der Waals surface area contributed by atoms with E-state index in [4.69, 9.17) is 4.74 Å². The molecule has 0 saturated heterocycles. The maximum atomic E-state index is 10.3. The predicted octanol–water partition coefficient (Wildman–Crippen LogP) is 2.06. The van der Waals surface area contributed by atoms with E-state index in [1.807, 2.05) is 23.9 Å². The average molecular weight is 348 g/mol. The van der Waals surface area contributed by atoms with E-state index in [1.165, 1.54) is 0 Å². The van der Waals surface area contributed by atoms with Gasteiger partial charge in [0.1, 0.15) is 9.53 Å². The minimum absolute atomic E-state index is 0.497. The van der Waals surface area contributed by atoms with E-state index >= 15 is 0 Å². The molecule has 1 atom stereocenters. The van der Waals surface area contributed by atoms with Gasteiger partial charge in [0, 0.05) is 25.3 Å². The molecule has 94 valence electrons. The Kier molecular flexibility index (Phi) is 3.12. The first-order valence-corrected chi connectivity index (χ1v) is 6.58. The summed E-state index contributed by atoms with van der Waals surface area (Å²) in [7, 11) is 1.67. The Balaban J connectivity index is 2.59. The number of imidazole rings is 1. The molecule has 17 heavy (non-hydrogen) atoms. The Bertz CT molecular complexity index is 473. The molecule has 0 amide bonds. The lowest BCUT2D eigenvalue weighted by Gasteiger charge is -2.39. The molecule has 1 aliphatic heterocycles. The lowest BCUT2D eigenvalue weighted by Crippen LogP contribution is -2.45. The third-order valence-electron chi connectivity index (χ3n) is 3.26. The molecule has 2 rings (SSSR count). The number of aliphatic hydroxyl groups is 1. The van der Waals surface area contributed by atoms with E-state index in [0.29, 0.717) is 6.42 Å². The topological polar surface area (TPSA) is 47.3 Å². The number of aromatic nitrogens is 2. The van der Waals surface area contributed by atoms with Crippen LogP contribution in [0.2, 0.25) is 0 Å². The second-order valence-corrected chi connectivity index (χ2v) is 6.19. The van der Waals surface area contributed by atoms with Gasteiger partial charge in [-0.15, -0.1) is 0 Å². The molecule has 0 aliphatic carbocycles. The molecule has 4 nitrogen and oxygen atoms in total. The van der Waals surface area contributed by atoms with Crippen LogP contribution in [0, 0.1) is 3.70 Å². The van der Waals surface area contributed by atoms with Gasteiger partial charge < -0.3 is 9.84 Å². The average Bonchev–Trinajstić information content (AvgIpc) is 2.57. The predicted molar refractivity (Wildman–Crippen MR) is 74.6 cm³/mol. The first-order chi connectivity index (χ1) is 7.78. The summed E-state index contributed by atoms with van der Waals surface area (Å²) < 4.78 is 8.65. The Morgan fingerprint density at radius 3 is 2.76 bits per heavy atom. The number of rotatable bonds is 2. The highest BCUT2D eigenvalue weighted by Crippen LogP contribution is 2.37. The molecule has 5 heteroatoms. The van der Waals surface area contributed by atoms with Gasteiger partial charge in [-0.1, -0.05) is 0 Å². The van der Waals surface area contributed by atoms with Crippen molar-refractivity contribution in [2.45, 2.75) is 38.4 Å². The lowest BCUT2D eigenvalue weighted by atomic mass is 9.80. The Hall–Kier alpha value is -0.400. The van der Waals surface area contributed by atoms with Crippen molar-refractivity contribution in [2.75, 3.05) is 7.11 Å². The van der Waals surface area contributed by atoms with Crippen molar-refractivity contribution >= 4 is 28.8 Å². The fraction of sp³-hybridized carbons (Fsp3) is 0.583. The highest BCUT2D eigenvalue weighted by atomic mass is 127. The molecule has 0 radical (unpaired) electrons. The van der Waals surface area contributed by atoms with Crippen molar-refractivity contribution in [3.05, 3.63) is 21.3 Å². The zero-order valence-electron chi connectivity index (χ0n) is 10.5. The largest absolute Gasteiger partial charge is 0.386 e. The second kappa shape index (κ2) is 4.07. The van der Waals surface area contributed by atoms with Gasteiger partial charge in [-0.2, -0.15) is 0 Å². The van der Waals surface area contributed by atoms with Crippen molar-refractivity contribution in [1.29, 1.82) is 0 Å². The van der Waals surface area contributed by atoms with Crippen LogP contribution in [0.3, 0.4) is 0 Å². The molecule has 1 aromatic heterocycles. The third-order valence-corrected chi connectivity index (χ3v) is 4.06. The lowest BCUT2D eigenvalue weighted by molar-refractivity contribution is -0.00602. The monoisotopic (exact) mass is 348 g/mol. The van der Waals surface area contributed by atoms with Gasteiger partial charge in [-0.3, -0.25) is 4.57 Å². The Morgan fingerprint density at radius 1 is 1.59 bits per heavy atom. The molecule has 1 N–H and O–H groups in total. The van der Waals surface area contributed by atoms with E-state index < -0.39 is 11.2 Å². The molecule has 1 aromatic rings. The summed E-state index contributed by atoms with van der Waals surface area (Å²) >= 11 is 2.23. The van der Waals surface area contributed by atoms with Crippen LogP contribution in [-0.4, -0.2) is 33.0 Å². The molecular weight excluding hydrogens is 331 g/mol. The summed E-state index contributed by atoms with van der Waals surface area (Å²) in [5.41, 5.74) is -0.533. The van der Waals surface area contributed by atoms with Crippen LogP contribution < -0.4 is 0 Å². The van der Waals surface area contributed by atoms with Gasteiger partial charge in [0.05, 0.1) is 17.4 Å². The van der Waals surface area contributed by atoms with Crippen LogP contribution in [0.15, 0.2) is 11.8 Å². The number of nitrogens with zero attached hydrogens (tertiary/aromatic N) is 2. The zero-order valence-corrected chi connectivity index (χ0v) is 12.6. The zero-order chi connectivity index (χ0) is 12.8. The molecule has 0 spiro atoms. The highest BCUT2D eigenvalue weighted by molar-refractivity contribution is 14.1. The standard InChI is InChI=1S/C12H17IN2O2/c1-11(2,16)8-7-15-9(13)6-14-10(15)5-12(8,3)17-4/h6-7,16H,5H2,1-4H3. The number of halogens is 1. The van der Waals surface area contributed by atoms with Gasteiger partial charge in [-0.25, -0.2) is 4.98 Å². The van der Waals surface area contributed by atoms with Crippen LogP contribution >= 0.6 is 22.6 Å². The van der Waals surface area contributed by atoms with Crippen molar-refractivity contribution in [3.8, 4) is 0 Å². The fourth-order valence-electron chi connectivity index (χ4n) is 2.29. The molecule has 0 fully saturated rings. The number of hydrogen-bond donors (Lipinski definition) is 1. The first kappa shape index (κ1) is 13.0. The molecule has 1 aliphatic rings. The molecule has 0 aromatic carbocycles. The smallest absolute Gasteiger partial charge is 0.116 e. The number of ether oxygens (including phenoxy) is 1. The van der Waals surface area contributed by atoms with Gasteiger partial charge >= 0.3 is 0 Å². The number of methoxy groups -OCH3 is 1. The molecule has 0 bridgehead atoms.